The molecule has 3 aromatic rings. The van der Waals surface area contributed by atoms with Crippen molar-refractivity contribution in [1.82, 2.24) is 19.9 Å². The van der Waals surface area contributed by atoms with E-state index in [2.05, 4.69) is 24.8 Å². The van der Waals surface area contributed by atoms with Crippen LogP contribution in [-0.2, 0) is 6.42 Å². The van der Waals surface area contributed by atoms with Crippen LogP contribution in [0.3, 0.4) is 0 Å². The summed E-state index contributed by atoms with van der Waals surface area (Å²) in [7, 11) is 0. The lowest BCUT2D eigenvalue weighted by molar-refractivity contribution is 0.0989. The Morgan fingerprint density at radius 2 is 2.09 bits per heavy atom. The maximum atomic E-state index is 14.8. The van der Waals surface area contributed by atoms with Crippen LogP contribution in [0.5, 0.6) is 5.88 Å². The van der Waals surface area contributed by atoms with Gasteiger partial charge >= 0.3 is 0 Å². The average molecular weight is 480 g/mol. The van der Waals surface area contributed by atoms with Gasteiger partial charge in [0.2, 0.25) is 5.88 Å². The summed E-state index contributed by atoms with van der Waals surface area (Å²) in [6, 6.07) is 3.05. The molecule has 1 aliphatic rings. The third-order valence-electron chi connectivity index (χ3n) is 5.72. The van der Waals surface area contributed by atoms with E-state index in [1.807, 2.05) is 19.9 Å². The first kappa shape index (κ1) is 24.5. The number of Topliss-reactive ketones (excluding diaryl/α,β-unsaturated/α-hetero) is 1. The zero-order valence-electron chi connectivity index (χ0n) is 19.9. The van der Waals surface area contributed by atoms with Crippen LogP contribution in [0, 0.1) is 11.7 Å². The molecule has 10 heteroatoms. The summed E-state index contributed by atoms with van der Waals surface area (Å²) in [6.45, 7) is 6.01. The van der Waals surface area contributed by atoms with E-state index in [4.69, 9.17) is 16.2 Å². The Bertz CT molecular complexity index is 1200. The number of hydrogen-bond donors (Lipinski definition) is 2. The predicted octanol–water partition coefficient (Wildman–Crippen LogP) is 3.04. The molecule has 4 N–H and O–H groups in total. The van der Waals surface area contributed by atoms with E-state index in [-0.39, 0.29) is 52.8 Å². The van der Waals surface area contributed by atoms with Crippen molar-refractivity contribution in [2.24, 2.45) is 11.7 Å². The van der Waals surface area contributed by atoms with E-state index >= 15 is 0 Å². The second-order valence-electron chi connectivity index (χ2n) is 9.16. The van der Waals surface area contributed by atoms with Crippen molar-refractivity contribution in [3.63, 3.8) is 0 Å². The number of halogens is 1. The zero-order valence-corrected chi connectivity index (χ0v) is 19.9. The highest BCUT2D eigenvalue weighted by atomic mass is 19.1. The monoisotopic (exact) mass is 479 g/mol. The molecule has 0 amide bonds. The number of pyridine rings is 2. The number of piperidine rings is 1. The number of anilines is 2. The molecule has 9 nitrogen and oxygen atoms in total. The summed E-state index contributed by atoms with van der Waals surface area (Å²) in [4.78, 5) is 32.3. The fourth-order valence-corrected chi connectivity index (χ4v) is 4.04. The smallest absolute Gasteiger partial charge is 0.232 e. The quantitative estimate of drug-likeness (QED) is 0.468. The highest BCUT2D eigenvalue weighted by Crippen LogP contribution is 2.27. The lowest BCUT2D eigenvalue weighted by Crippen LogP contribution is -2.43. The minimum atomic E-state index is -0.696. The van der Waals surface area contributed by atoms with Crippen molar-refractivity contribution < 1.29 is 13.9 Å². The number of ketones is 1. The van der Waals surface area contributed by atoms with Gasteiger partial charge < -0.3 is 21.1 Å². The number of ether oxygens (including phenoxy) is 1. The fraction of sp³-hybridized carbons (Fsp3) is 0.400. The molecule has 1 aliphatic heterocycles. The number of nitrogens with two attached hydrogens (primary N) is 2. The van der Waals surface area contributed by atoms with Crippen molar-refractivity contribution in [2.45, 2.75) is 39.2 Å². The number of aromatic nitrogens is 4. The van der Waals surface area contributed by atoms with Crippen molar-refractivity contribution in [3.05, 3.63) is 54.0 Å². The molecule has 3 aromatic heterocycles. The Hall–Kier alpha value is -3.66. The molecule has 4 heterocycles. The summed E-state index contributed by atoms with van der Waals surface area (Å²) in [6.07, 6.45) is 8.14. The highest BCUT2D eigenvalue weighted by Gasteiger charge is 2.23. The van der Waals surface area contributed by atoms with Gasteiger partial charge in [-0.1, -0.05) is 13.8 Å². The summed E-state index contributed by atoms with van der Waals surface area (Å²) in [5, 5.41) is 0. The molecule has 0 unspecified atom stereocenters. The Labute approximate surface area is 203 Å². The van der Waals surface area contributed by atoms with Gasteiger partial charge in [0.1, 0.15) is 17.1 Å². The van der Waals surface area contributed by atoms with Crippen LogP contribution in [0.25, 0.3) is 11.4 Å². The van der Waals surface area contributed by atoms with Gasteiger partial charge in [-0.3, -0.25) is 14.8 Å². The minimum Gasteiger partial charge on any atom is -0.476 e. The van der Waals surface area contributed by atoms with E-state index in [9.17, 15) is 9.18 Å². The molecule has 0 saturated carbocycles. The van der Waals surface area contributed by atoms with Gasteiger partial charge in [-0.15, -0.1) is 0 Å². The number of carbonyl (C=O) groups excluding carboxylic acids is 1. The number of hydrogen-bond acceptors (Lipinski definition) is 9. The molecule has 1 saturated heterocycles. The first-order valence-electron chi connectivity index (χ1n) is 11.7. The van der Waals surface area contributed by atoms with Crippen molar-refractivity contribution in [1.29, 1.82) is 0 Å². The summed E-state index contributed by atoms with van der Waals surface area (Å²) < 4.78 is 20.4. The van der Waals surface area contributed by atoms with E-state index < -0.39 is 5.82 Å². The van der Waals surface area contributed by atoms with Crippen LogP contribution in [0.2, 0.25) is 0 Å². The van der Waals surface area contributed by atoms with Crippen LogP contribution < -0.4 is 21.1 Å². The van der Waals surface area contributed by atoms with Crippen molar-refractivity contribution >= 4 is 17.2 Å². The van der Waals surface area contributed by atoms with Gasteiger partial charge in [-0.2, -0.15) is 0 Å². The van der Waals surface area contributed by atoms with Crippen LogP contribution in [0.1, 0.15) is 42.7 Å². The molecule has 0 aliphatic carbocycles. The molecular weight excluding hydrogens is 449 g/mol. The van der Waals surface area contributed by atoms with E-state index in [1.54, 1.807) is 12.4 Å². The molecule has 0 bridgehead atoms. The molecule has 4 rings (SSSR count). The van der Waals surface area contributed by atoms with E-state index in [0.717, 1.165) is 36.7 Å². The molecule has 1 atom stereocenters. The largest absolute Gasteiger partial charge is 0.476 e. The summed E-state index contributed by atoms with van der Waals surface area (Å²) in [5.41, 5.74) is 13.8. The lowest BCUT2D eigenvalue weighted by atomic mass is 10.0. The van der Waals surface area contributed by atoms with Crippen LogP contribution >= 0.6 is 0 Å². The second kappa shape index (κ2) is 10.7. The number of rotatable bonds is 8. The molecule has 0 spiro atoms. The summed E-state index contributed by atoms with van der Waals surface area (Å²) in [5.74, 6) is -0.505. The van der Waals surface area contributed by atoms with Gasteiger partial charge in [0.05, 0.1) is 24.7 Å². The van der Waals surface area contributed by atoms with E-state index in [0.29, 0.717) is 13.2 Å². The minimum absolute atomic E-state index is 0.0143. The summed E-state index contributed by atoms with van der Waals surface area (Å²) >= 11 is 0. The molecule has 35 heavy (non-hydrogen) atoms. The number of carbonyl (C=O) groups is 1. The zero-order chi connectivity index (χ0) is 24.9. The van der Waals surface area contributed by atoms with E-state index in [1.165, 1.54) is 12.4 Å². The van der Waals surface area contributed by atoms with Gasteiger partial charge in [-0.25, -0.2) is 14.4 Å². The molecule has 184 valence electrons. The number of nitrogen functional groups attached to an aromatic ring is 1. The Morgan fingerprint density at radius 3 is 2.86 bits per heavy atom. The maximum absolute atomic E-state index is 14.8. The van der Waals surface area contributed by atoms with Crippen LogP contribution in [0.4, 0.5) is 15.8 Å². The van der Waals surface area contributed by atoms with Gasteiger partial charge in [-0.05, 0) is 24.8 Å². The van der Waals surface area contributed by atoms with Crippen molar-refractivity contribution in [2.75, 3.05) is 30.3 Å². The fourth-order valence-electron chi connectivity index (χ4n) is 4.04. The molecule has 1 fully saturated rings. The predicted molar refractivity (Wildman–Crippen MR) is 132 cm³/mol. The van der Waals surface area contributed by atoms with Gasteiger partial charge in [0.25, 0.3) is 0 Å². The normalized spacial score (nSPS) is 15.9. The molecule has 0 aromatic carbocycles. The number of nitrogens with zero attached hydrogens (tertiary/aromatic N) is 5. The van der Waals surface area contributed by atoms with Crippen LogP contribution in [0.15, 0.2) is 36.9 Å². The van der Waals surface area contributed by atoms with Crippen molar-refractivity contribution in [3.8, 4) is 17.3 Å². The molecular formula is C25H30FN7O2. The Balaban J connectivity index is 1.61. The third-order valence-corrected chi connectivity index (χ3v) is 5.72. The lowest BCUT2D eigenvalue weighted by Gasteiger charge is -2.33. The SMILES string of the molecule is CC(C)COc1cncc(-c2nc(C(=O)Cc3cnccc3N3CCC[C@H](N)C3)c(N)cc2F)n1. The topological polar surface area (TPSA) is 133 Å². The highest BCUT2D eigenvalue weighted by molar-refractivity contribution is 6.01. The second-order valence-corrected chi connectivity index (χ2v) is 9.16. The Kier molecular flexibility index (Phi) is 7.50. The first-order valence-corrected chi connectivity index (χ1v) is 11.7. The standard InChI is InChI=1S/C25H30FN7O2/c1-15(2)14-35-23-12-30-11-20(31-23)24-18(26)9-19(28)25(32-24)22(34)8-16-10-29-6-5-21(16)33-7-3-4-17(27)13-33/h5-6,9-12,15,17H,3-4,7-8,13-14,27-28H2,1-2H3/t17-/m0/s1. The Morgan fingerprint density at radius 1 is 1.26 bits per heavy atom. The van der Waals surface area contributed by atoms with Gasteiger partial charge in [0.15, 0.2) is 11.6 Å². The molecule has 0 radical (unpaired) electrons. The van der Waals surface area contributed by atoms with Crippen LogP contribution in [-0.4, -0.2) is 51.5 Å². The van der Waals surface area contributed by atoms with Gasteiger partial charge in [0, 0.05) is 55.3 Å². The average Bonchev–Trinajstić information content (AvgIpc) is 2.83. The third kappa shape index (κ3) is 5.89. The maximum Gasteiger partial charge on any atom is 0.232 e. The first-order chi connectivity index (χ1) is 16.8.